The molecule has 6 nitrogen and oxygen atoms in total. The van der Waals surface area contributed by atoms with Gasteiger partial charge in [-0.1, -0.05) is 12.1 Å². The van der Waals surface area contributed by atoms with E-state index in [2.05, 4.69) is 6.07 Å². The van der Waals surface area contributed by atoms with E-state index < -0.39 is 0 Å². The first-order chi connectivity index (χ1) is 14.1. The summed E-state index contributed by atoms with van der Waals surface area (Å²) in [4.78, 5) is 14.4. The number of benzene rings is 2. The number of rotatable bonds is 9. The normalized spacial score (nSPS) is 15.9. The Morgan fingerprint density at radius 1 is 1.17 bits per heavy atom. The van der Waals surface area contributed by atoms with Crippen LogP contribution < -0.4 is 20.1 Å². The van der Waals surface area contributed by atoms with Crippen molar-refractivity contribution < 1.29 is 14.3 Å². The molecule has 0 aromatic heterocycles. The maximum Gasteiger partial charge on any atom is 0.227 e. The third-order valence-electron chi connectivity index (χ3n) is 5.16. The van der Waals surface area contributed by atoms with Crippen molar-refractivity contribution in [3.63, 3.8) is 0 Å². The number of anilines is 2. The quantitative estimate of drug-likeness (QED) is 0.508. The van der Waals surface area contributed by atoms with Gasteiger partial charge in [-0.15, -0.1) is 0 Å². The van der Waals surface area contributed by atoms with Crippen molar-refractivity contribution in [2.75, 3.05) is 30.9 Å². The van der Waals surface area contributed by atoms with Crippen LogP contribution in [0.25, 0.3) is 0 Å². The van der Waals surface area contributed by atoms with Gasteiger partial charge < -0.3 is 20.1 Å². The van der Waals surface area contributed by atoms with Crippen LogP contribution in [-0.2, 0) is 4.79 Å². The smallest absolute Gasteiger partial charge is 0.227 e. The maximum absolute atomic E-state index is 12.6. The van der Waals surface area contributed by atoms with Gasteiger partial charge in [0.05, 0.1) is 19.8 Å². The van der Waals surface area contributed by atoms with Gasteiger partial charge in [-0.25, -0.2) is 0 Å². The van der Waals surface area contributed by atoms with Crippen molar-refractivity contribution in [3.8, 4) is 17.6 Å². The Morgan fingerprint density at radius 2 is 2.03 bits per heavy atom. The summed E-state index contributed by atoms with van der Waals surface area (Å²) in [6, 6.07) is 15.4. The lowest BCUT2D eigenvalue weighted by Gasteiger charge is -2.18. The standard InChI is InChI=1S/C23H27N3O3/c1-28-21-10-9-17(13-22(21)29-12-5-3-2-4-11-24)18-14-23(27)26(16-18)20-8-6-7-19(25)15-20/h6-10,13,15,18H,2-5,12,14,16,25H2,1H3. The second kappa shape index (κ2) is 9.83. The van der Waals surface area contributed by atoms with Crippen molar-refractivity contribution in [2.24, 2.45) is 0 Å². The van der Waals surface area contributed by atoms with Gasteiger partial charge in [0.1, 0.15) is 0 Å². The van der Waals surface area contributed by atoms with Gasteiger partial charge in [0.15, 0.2) is 11.5 Å². The number of nitriles is 1. The second-order valence-electron chi connectivity index (χ2n) is 7.23. The van der Waals surface area contributed by atoms with Crippen LogP contribution in [-0.4, -0.2) is 26.2 Å². The monoisotopic (exact) mass is 393 g/mol. The van der Waals surface area contributed by atoms with Crippen molar-refractivity contribution in [1.82, 2.24) is 0 Å². The summed E-state index contributed by atoms with van der Waals surface area (Å²) < 4.78 is 11.4. The molecule has 0 saturated carbocycles. The van der Waals surface area contributed by atoms with E-state index in [0.717, 1.165) is 30.5 Å². The molecule has 1 aliphatic rings. The van der Waals surface area contributed by atoms with Crippen LogP contribution in [0.3, 0.4) is 0 Å². The Hall–Kier alpha value is -3.20. The molecule has 0 bridgehead atoms. The third kappa shape index (κ3) is 5.20. The highest BCUT2D eigenvalue weighted by atomic mass is 16.5. The Bertz CT molecular complexity index is 891. The fraction of sp³-hybridized carbons (Fsp3) is 0.391. The minimum atomic E-state index is 0.0906. The fourth-order valence-electron chi connectivity index (χ4n) is 3.60. The summed E-state index contributed by atoms with van der Waals surface area (Å²) in [5.74, 6) is 1.56. The number of hydrogen-bond donors (Lipinski definition) is 1. The van der Waals surface area contributed by atoms with Crippen LogP contribution in [0.5, 0.6) is 11.5 Å². The molecule has 1 fully saturated rings. The highest BCUT2D eigenvalue weighted by molar-refractivity contribution is 5.96. The topological polar surface area (TPSA) is 88.6 Å². The number of nitrogens with zero attached hydrogens (tertiary/aromatic N) is 2. The van der Waals surface area contributed by atoms with E-state index in [1.54, 1.807) is 12.0 Å². The average Bonchev–Trinajstić information content (AvgIpc) is 3.12. The number of amides is 1. The van der Waals surface area contributed by atoms with E-state index >= 15 is 0 Å². The molecule has 3 rings (SSSR count). The van der Waals surface area contributed by atoms with Gasteiger partial charge in [0, 0.05) is 36.7 Å². The summed E-state index contributed by atoms with van der Waals surface area (Å²) in [5, 5.41) is 8.60. The van der Waals surface area contributed by atoms with Crippen LogP contribution in [0.2, 0.25) is 0 Å². The fourth-order valence-corrected chi connectivity index (χ4v) is 3.60. The molecule has 29 heavy (non-hydrogen) atoms. The lowest BCUT2D eigenvalue weighted by Crippen LogP contribution is -2.24. The van der Waals surface area contributed by atoms with Gasteiger partial charge in [-0.3, -0.25) is 4.79 Å². The van der Waals surface area contributed by atoms with E-state index in [1.807, 2.05) is 42.5 Å². The molecule has 1 heterocycles. The van der Waals surface area contributed by atoms with Crippen LogP contribution in [0, 0.1) is 11.3 Å². The highest BCUT2D eigenvalue weighted by Crippen LogP contribution is 2.36. The molecule has 2 N–H and O–H groups in total. The molecule has 6 heteroatoms. The van der Waals surface area contributed by atoms with Gasteiger partial charge in [0.25, 0.3) is 0 Å². The molecule has 1 saturated heterocycles. The zero-order valence-corrected chi connectivity index (χ0v) is 16.8. The van der Waals surface area contributed by atoms with Gasteiger partial charge in [-0.2, -0.15) is 5.26 Å². The van der Waals surface area contributed by atoms with Crippen molar-refractivity contribution in [3.05, 3.63) is 48.0 Å². The molecular formula is C23H27N3O3. The number of nitrogens with two attached hydrogens (primary N) is 1. The molecule has 1 aliphatic heterocycles. The highest BCUT2D eigenvalue weighted by Gasteiger charge is 2.32. The minimum Gasteiger partial charge on any atom is -0.493 e. The summed E-state index contributed by atoms with van der Waals surface area (Å²) >= 11 is 0. The lowest BCUT2D eigenvalue weighted by molar-refractivity contribution is -0.117. The molecular weight excluding hydrogens is 366 g/mol. The van der Waals surface area contributed by atoms with Crippen molar-refractivity contribution >= 4 is 17.3 Å². The zero-order valence-electron chi connectivity index (χ0n) is 16.8. The summed E-state index contributed by atoms with van der Waals surface area (Å²) in [7, 11) is 1.62. The predicted molar refractivity (Wildman–Crippen MR) is 113 cm³/mol. The number of unbranched alkanes of at least 4 members (excludes halogenated alkanes) is 3. The second-order valence-corrected chi connectivity index (χ2v) is 7.23. The van der Waals surface area contributed by atoms with E-state index in [-0.39, 0.29) is 11.8 Å². The summed E-state index contributed by atoms with van der Waals surface area (Å²) in [6.45, 7) is 1.19. The number of nitrogen functional groups attached to an aromatic ring is 1. The summed E-state index contributed by atoms with van der Waals surface area (Å²) in [5.41, 5.74) is 8.41. The molecule has 152 valence electrons. The van der Waals surface area contributed by atoms with E-state index in [4.69, 9.17) is 20.5 Å². The number of carbonyl (C=O) groups is 1. The van der Waals surface area contributed by atoms with Crippen LogP contribution in [0.15, 0.2) is 42.5 Å². The van der Waals surface area contributed by atoms with E-state index in [1.165, 1.54) is 0 Å². The van der Waals surface area contributed by atoms with E-state index in [9.17, 15) is 4.79 Å². The first-order valence-corrected chi connectivity index (χ1v) is 9.96. The van der Waals surface area contributed by atoms with Crippen molar-refractivity contribution in [1.29, 1.82) is 5.26 Å². The van der Waals surface area contributed by atoms with Crippen LogP contribution in [0.4, 0.5) is 11.4 Å². The Balaban J connectivity index is 1.67. The molecule has 2 aromatic carbocycles. The lowest BCUT2D eigenvalue weighted by atomic mass is 9.98. The Kier molecular flexibility index (Phi) is 6.96. The number of methoxy groups -OCH3 is 1. The SMILES string of the molecule is COc1ccc(C2CC(=O)N(c3cccc(N)c3)C2)cc1OCCCCCC#N. The molecule has 0 aliphatic carbocycles. The largest absolute Gasteiger partial charge is 0.493 e. The first-order valence-electron chi connectivity index (χ1n) is 9.96. The Morgan fingerprint density at radius 3 is 2.79 bits per heavy atom. The molecule has 0 radical (unpaired) electrons. The zero-order chi connectivity index (χ0) is 20.6. The molecule has 2 aromatic rings. The van der Waals surface area contributed by atoms with Crippen LogP contribution in [0.1, 0.15) is 43.6 Å². The molecule has 1 atom stereocenters. The Labute approximate surface area is 171 Å². The van der Waals surface area contributed by atoms with E-state index in [0.29, 0.717) is 43.2 Å². The molecule has 1 amide bonds. The van der Waals surface area contributed by atoms with Crippen molar-refractivity contribution in [2.45, 2.75) is 38.0 Å². The predicted octanol–water partition coefficient (Wildman–Crippen LogP) is 4.26. The minimum absolute atomic E-state index is 0.0906. The molecule has 1 unspecified atom stereocenters. The van der Waals surface area contributed by atoms with Gasteiger partial charge in [0.2, 0.25) is 5.91 Å². The maximum atomic E-state index is 12.6. The molecule has 0 spiro atoms. The van der Waals surface area contributed by atoms with Gasteiger partial charge in [-0.05, 0) is 55.2 Å². The van der Waals surface area contributed by atoms with Gasteiger partial charge >= 0.3 is 0 Å². The number of carbonyl (C=O) groups excluding carboxylic acids is 1. The number of hydrogen-bond acceptors (Lipinski definition) is 5. The average molecular weight is 393 g/mol. The summed E-state index contributed by atoms with van der Waals surface area (Å²) in [6.07, 6.45) is 3.77. The van der Waals surface area contributed by atoms with Crippen LogP contribution >= 0.6 is 0 Å². The first kappa shape index (κ1) is 20.5. The number of ether oxygens (including phenoxy) is 2. The third-order valence-corrected chi connectivity index (χ3v) is 5.16.